The first kappa shape index (κ1) is 50.0. The van der Waals surface area contributed by atoms with E-state index in [2.05, 4.69) is 100 Å². The molecule has 313 valence electrons. The number of carbonyl (C=O) groups excluding carboxylic acids is 1. The molecule has 4 nitrogen and oxygen atoms in total. The van der Waals surface area contributed by atoms with Crippen molar-refractivity contribution in [1.29, 1.82) is 0 Å². The minimum absolute atomic E-state index is 0. The molecule has 7 heteroatoms. The number of thiophene rings is 1. The molecule has 0 bridgehead atoms. The van der Waals surface area contributed by atoms with E-state index in [9.17, 15) is 9.90 Å². The van der Waals surface area contributed by atoms with Crippen LogP contribution in [-0.2, 0) is 24.9 Å². The van der Waals surface area contributed by atoms with Gasteiger partial charge in [-0.1, -0.05) is 143 Å². The molecule has 56 heavy (non-hydrogen) atoms. The Morgan fingerprint density at radius 1 is 0.804 bits per heavy atom. The molecule has 4 aromatic rings. The van der Waals surface area contributed by atoms with E-state index >= 15 is 0 Å². The van der Waals surface area contributed by atoms with Crippen LogP contribution >= 0.6 is 11.3 Å². The van der Waals surface area contributed by atoms with E-state index in [1.165, 1.54) is 61.9 Å². The topological polar surface area (TPSA) is 63.1 Å². The number of ketones is 1. The number of aromatic nitrogens is 2. The van der Waals surface area contributed by atoms with Gasteiger partial charge in [-0.2, -0.15) is 0 Å². The fourth-order valence-electron chi connectivity index (χ4n) is 8.46. The quantitative estimate of drug-likeness (QED) is 0.0526. The van der Waals surface area contributed by atoms with Crippen molar-refractivity contribution in [3.63, 3.8) is 0 Å². The summed E-state index contributed by atoms with van der Waals surface area (Å²) < 4.78 is 2.92. The number of aliphatic hydroxyl groups is 1. The van der Waals surface area contributed by atoms with Crippen LogP contribution < -0.4 is 4.50 Å². The summed E-state index contributed by atoms with van der Waals surface area (Å²) in [7, 11) is -1.76. The van der Waals surface area contributed by atoms with Crippen LogP contribution in [-0.4, -0.2) is 28.9 Å². The van der Waals surface area contributed by atoms with Crippen LogP contribution in [0.25, 0.3) is 32.2 Å². The zero-order chi connectivity index (χ0) is 41.6. The second-order valence-corrected chi connectivity index (χ2v) is 24.4. The SMILES string of the molecule is CCC(C)(CC)C(=O)/C=C(\O)C(C)(CC)CC.Cc1cc2[c-]c(-c3ncnc4c(C)c([Si](CC(C)C)(CC(C)C)CC(C)C)sc34)cc(C(C)C)c2cc1C.[Ir]. The van der Waals surface area contributed by atoms with Gasteiger partial charge in [0.2, 0.25) is 0 Å². The summed E-state index contributed by atoms with van der Waals surface area (Å²) in [5.74, 6) is 2.80. The molecule has 0 saturated heterocycles. The number of allylic oxidation sites excluding steroid dienone is 2. The number of hydrogen-bond acceptors (Lipinski definition) is 5. The first-order valence-corrected chi connectivity index (χ1v) is 24.7. The maximum atomic E-state index is 12.2. The zero-order valence-electron chi connectivity index (χ0n) is 38.1. The van der Waals surface area contributed by atoms with Gasteiger partial charge in [0, 0.05) is 47.4 Å². The molecule has 2 heterocycles. The molecule has 0 spiro atoms. The Morgan fingerprint density at radius 2 is 1.30 bits per heavy atom. The summed E-state index contributed by atoms with van der Waals surface area (Å²) in [6.45, 7) is 37.9. The minimum Gasteiger partial charge on any atom is -0.512 e. The van der Waals surface area contributed by atoms with Gasteiger partial charge in [0.1, 0.15) is 20.2 Å². The van der Waals surface area contributed by atoms with Crippen molar-refractivity contribution in [3.05, 3.63) is 64.7 Å². The fourth-order valence-corrected chi connectivity index (χ4v) is 18.1. The Bertz CT molecular complexity index is 1920. The Morgan fingerprint density at radius 3 is 1.77 bits per heavy atom. The van der Waals surface area contributed by atoms with Gasteiger partial charge in [-0.05, 0) is 80.2 Å². The first-order chi connectivity index (χ1) is 25.6. The largest absolute Gasteiger partial charge is 0.512 e. The van der Waals surface area contributed by atoms with Crippen molar-refractivity contribution in [3.8, 4) is 11.3 Å². The van der Waals surface area contributed by atoms with Gasteiger partial charge in [-0.3, -0.25) is 9.78 Å². The number of fused-ring (bicyclic) bond motifs is 2. The standard InChI is InChI=1S/C34H47N2SSi.C15H28O2.Ir/c1-20(2)16-38(17-21(3)4,18-22(5)6)34-26(11)31-33(37-34)32(36-19-35-31)28-14-27-12-24(9)25(10)13-30(27)29(15-28)23(7)8;1-7-14(5,8-2)12(16)11-13(17)15(6,9-3)10-4;/h12-13,15,19-23H,16-18H2,1-11H3;11,16H,7-10H2,1-6H3;/q-1;;/b;12-11-;. The van der Waals surface area contributed by atoms with Gasteiger partial charge < -0.3 is 5.11 Å². The summed E-state index contributed by atoms with van der Waals surface area (Å²) in [6.07, 6.45) is 6.54. The van der Waals surface area contributed by atoms with E-state index in [0.29, 0.717) is 23.7 Å². The van der Waals surface area contributed by atoms with E-state index in [1.54, 1.807) is 10.8 Å². The van der Waals surface area contributed by atoms with Crippen molar-refractivity contribution in [2.75, 3.05) is 0 Å². The molecule has 0 aliphatic heterocycles. The van der Waals surface area contributed by atoms with Crippen LogP contribution in [0, 0.1) is 55.4 Å². The predicted molar refractivity (Wildman–Crippen MR) is 245 cm³/mol. The zero-order valence-corrected chi connectivity index (χ0v) is 42.3. The average Bonchev–Trinajstić information content (AvgIpc) is 3.47. The Hall–Kier alpha value is -2.18. The Balaban J connectivity index is 0.000000511. The second kappa shape index (κ2) is 20.7. The molecule has 0 atom stereocenters. The van der Waals surface area contributed by atoms with Crippen molar-refractivity contribution >= 4 is 50.7 Å². The van der Waals surface area contributed by atoms with Crippen molar-refractivity contribution in [1.82, 2.24) is 9.97 Å². The minimum atomic E-state index is -1.76. The summed E-state index contributed by atoms with van der Waals surface area (Å²) in [6, 6.07) is 14.8. The average molecular weight is 977 g/mol. The molecular weight excluding hydrogens is 901 g/mol. The Kier molecular flexibility index (Phi) is 18.4. The molecule has 0 amide bonds. The molecule has 0 saturated carbocycles. The van der Waals surface area contributed by atoms with Crippen molar-refractivity contribution in [2.24, 2.45) is 28.6 Å². The molecule has 4 rings (SSSR count). The number of carbonyl (C=O) groups is 1. The van der Waals surface area contributed by atoms with Gasteiger partial charge in [0.15, 0.2) is 5.78 Å². The van der Waals surface area contributed by atoms with Crippen LogP contribution in [0.1, 0.15) is 151 Å². The van der Waals surface area contributed by atoms with Crippen molar-refractivity contribution in [2.45, 2.75) is 167 Å². The smallest absolute Gasteiger partial charge is 0.164 e. The maximum absolute atomic E-state index is 12.2. The van der Waals surface area contributed by atoms with Crippen LogP contribution in [0.4, 0.5) is 0 Å². The van der Waals surface area contributed by atoms with E-state index < -0.39 is 8.07 Å². The molecule has 1 radical (unpaired) electrons. The fraction of sp³-hybridized carbons (Fsp3) is 0.612. The molecule has 0 aliphatic carbocycles. The summed E-state index contributed by atoms with van der Waals surface area (Å²) in [5.41, 5.74) is 8.15. The molecule has 0 unspecified atom stereocenters. The van der Waals surface area contributed by atoms with Gasteiger partial charge in [-0.15, -0.1) is 40.5 Å². The first-order valence-electron chi connectivity index (χ1n) is 21.3. The molecule has 1 N–H and O–H groups in total. The number of rotatable bonds is 16. The van der Waals surface area contributed by atoms with Gasteiger partial charge in [-0.25, -0.2) is 4.98 Å². The number of aryl methyl sites for hydroxylation is 3. The van der Waals surface area contributed by atoms with Crippen molar-refractivity contribution < 1.29 is 30.0 Å². The molecule has 2 aromatic carbocycles. The molecule has 0 fully saturated rings. The Labute approximate surface area is 360 Å². The van der Waals surface area contributed by atoms with Crippen LogP contribution in [0.5, 0.6) is 0 Å². The molecular formula is C49H75IrN2O2SSi-. The third-order valence-corrected chi connectivity index (χ3v) is 21.4. The number of aliphatic hydroxyl groups excluding tert-OH is 1. The third-order valence-electron chi connectivity index (χ3n) is 12.6. The van der Waals surface area contributed by atoms with Crippen LogP contribution in [0.2, 0.25) is 18.1 Å². The maximum Gasteiger partial charge on any atom is 0.164 e. The number of nitrogens with zero attached hydrogens (tertiary/aromatic N) is 2. The van der Waals surface area contributed by atoms with Crippen LogP contribution in [0.3, 0.4) is 0 Å². The monoisotopic (exact) mass is 976 g/mol. The third kappa shape index (κ3) is 11.3. The molecule has 0 aliphatic rings. The molecule has 2 aromatic heterocycles. The van der Waals surface area contributed by atoms with E-state index in [0.717, 1.165) is 42.5 Å². The summed E-state index contributed by atoms with van der Waals surface area (Å²) in [4.78, 5) is 22.0. The summed E-state index contributed by atoms with van der Waals surface area (Å²) >= 11 is 2.02. The van der Waals surface area contributed by atoms with E-state index in [4.69, 9.17) is 9.97 Å². The number of benzene rings is 2. The second-order valence-electron chi connectivity index (χ2n) is 18.7. The normalized spacial score (nSPS) is 12.9. The number of hydrogen-bond donors (Lipinski definition) is 1. The van der Waals surface area contributed by atoms with E-state index in [-0.39, 0.29) is 42.5 Å². The summed E-state index contributed by atoms with van der Waals surface area (Å²) in [5, 5.41) is 12.6. The van der Waals surface area contributed by atoms with Gasteiger partial charge in [0.05, 0.1) is 5.52 Å². The van der Waals surface area contributed by atoms with Gasteiger partial charge in [0.25, 0.3) is 0 Å². The van der Waals surface area contributed by atoms with Gasteiger partial charge >= 0.3 is 0 Å². The predicted octanol–water partition coefficient (Wildman–Crippen LogP) is 14.6. The van der Waals surface area contributed by atoms with E-state index in [1.807, 2.05) is 52.9 Å². The van der Waals surface area contributed by atoms with Crippen LogP contribution in [0.15, 0.2) is 36.4 Å².